The second-order valence-corrected chi connectivity index (χ2v) is 13.6. The predicted molar refractivity (Wildman–Crippen MR) is 217 cm³/mol. The summed E-state index contributed by atoms with van der Waals surface area (Å²) >= 11 is 0. The highest BCUT2D eigenvalue weighted by molar-refractivity contribution is 6.17. The van der Waals surface area contributed by atoms with Crippen molar-refractivity contribution in [2.24, 2.45) is 5.73 Å². The zero-order valence-electron chi connectivity index (χ0n) is 28.6. The van der Waals surface area contributed by atoms with Crippen LogP contribution in [0.25, 0.3) is 65.0 Å². The van der Waals surface area contributed by atoms with Gasteiger partial charge in [-0.15, -0.1) is 0 Å². The third-order valence-corrected chi connectivity index (χ3v) is 10.5. The predicted octanol–water partition coefficient (Wildman–Crippen LogP) is 11.7. The number of nitrogens with two attached hydrogens (primary N) is 1. The van der Waals surface area contributed by atoms with Gasteiger partial charge >= 0.3 is 0 Å². The van der Waals surface area contributed by atoms with Crippen LogP contribution in [0, 0.1) is 0 Å². The van der Waals surface area contributed by atoms with Crippen molar-refractivity contribution in [1.82, 2.24) is 10.6 Å². The molecule has 3 atom stereocenters. The van der Waals surface area contributed by atoms with Gasteiger partial charge in [0, 0.05) is 6.04 Å². The minimum absolute atomic E-state index is 0.0454. The highest BCUT2D eigenvalue weighted by Crippen LogP contribution is 2.35. The van der Waals surface area contributed by atoms with Gasteiger partial charge in [-0.05, 0) is 94.7 Å². The van der Waals surface area contributed by atoms with Crippen LogP contribution in [0.1, 0.15) is 42.0 Å². The van der Waals surface area contributed by atoms with E-state index >= 15 is 0 Å². The smallest absolute Gasteiger partial charge is 0.0860 e. The van der Waals surface area contributed by atoms with E-state index in [9.17, 15) is 0 Å². The molecule has 0 bridgehead atoms. The largest absolute Gasteiger partial charge is 0.312 e. The molecule has 0 aromatic heterocycles. The number of hydrogen-bond acceptors (Lipinski definition) is 3. The zero-order valence-corrected chi connectivity index (χ0v) is 28.6. The topological polar surface area (TPSA) is 50.1 Å². The minimum atomic E-state index is -0.425. The van der Waals surface area contributed by atoms with Crippen LogP contribution in [0.2, 0.25) is 0 Å². The van der Waals surface area contributed by atoms with Crippen molar-refractivity contribution in [3.63, 3.8) is 0 Å². The Balaban J connectivity index is 1.05. The number of rotatable bonds is 8. The fraction of sp³-hybridized carbons (Fsp3) is 0.0833. The lowest BCUT2D eigenvalue weighted by Crippen LogP contribution is -2.41. The van der Waals surface area contributed by atoms with Crippen molar-refractivity contribution in [2.45, 2.75) is 25.3 Å². The Hall–Kier alpha value is -5.84. The monoisotopic (exact) mass is 657 g/mol. The Morgan fingerprint density at radius 2 is 0.922 bits per heavy atom. The quantitative estimate of drug-likeness (QED) is 0.113. The van der Waals surface area contributed by atoms with E-state index in [1.807, 2.05) is 0 Å². The SMILES string of the molecule is CC(NC(NC(N)c1cccc2c1ccc1c3ccccc3ccc21)c1cccc2ccccc12)c1ccc(-c2ccc3ccccc3c2)cc1. The van der Waals surface area contributed by atoms with Gasteiger partial charge in [0.25, 0.3) is 0 Å². The number of fused-ring (bicyclic) bond motifs is 7. The lowest BCUT2D eigenvalue weighted by molar-refractivity contribution is 0.359. The molecular weight excluding hydrogens is 619 g/mol. The van der Waals surface area contributed by atoms with Gasteiger partial charge in [-0.3, -0.25) is 10.6 Å². The molecular formula is C48H39N3. The van der Waals surface area contributed by atoms with E-state index in [2.05, 4.69) is 193 Å². The van der Waals surface area contributed by atoms with E-state index in [-0.39, 0.29) is 12.2 Å². The van der Waals surface area contributed by atoms with Crippen LogP contribution in [0.3, 0.4) is 0 Å². The molecule has 0 aliphatic heterocycles. The molecule has 0 aliphatic rings. The summed E-state index contributed by atoms with van der Waals surface area (Å²) < 4.78 is 0. The number of benzene rings is 9. The molecule has 0 amide bonds. The summed E-state index contributed by atoms with van der Waals surface area (Å²) in [4.78, 5) is 0. The van der Waals surface area contributed by atoms with Gasteiger partial charge < -0.3 is 5.73 Å². The molecule has 0 fully saturated rings. The summed E-state index contributed by atoms with van der Waals surface area (Å²) in [5.41, 5.74) is 13.0. The summed E-state index contributed by atoms with van der Waals surface area (Å²) in [6.07, 6.45) is -0.647. The highest BCUT2D eigenvalue weighted by atomic mass is 15.2. The van der Waals surface area contributed by atoms with Crippen LogP contribution < -0.4 is 16.4 Å². The molecule has 3 nitrogen and oxygen atoms in total. The molecule has 9 aromatic rings. The van der Waals surface area contributed by atoms with Crippen LogP contribution >= 0.6 is 0 Å². The Morgan fingerprint density at radius 3 is 1.75 bits per heavy atom. The summed E-state index contributed by atoms with van der Waals surface area (Å²) in [6, 6.07) is 63.3. The molecule has 4 N–H and O–H groups in total. The van der Waals surface area contributed by atoms with Gasteiger partial charge in [-0.1, -0.05) is 170 Å². The Labute approximate surface area is 298 Å². The van der Waals surface area contributed by atoms with E-state index in [1.54, 1.807) is 0 Å². The van der Waals surface area contributed by atoms with Gasteiger partial charge in [-0.25, -0.2) is 0 Å². The van der Waals surface area contributed by atoms with Gasteiger partial charge in [0.05, 0.1) is 12.3 Å². The van der Waals surface area contributed by atoms with E-state index in [1.165, 1.54) is 70.7 Å². The van der Waals surface area contributed by atoms with Crippen molar-refractivity contribution in [1.29, 1.82) is 0 Å². The third-order valence-electron chi connectivity index (χ3n) is 10.5. The van der Waals surface area contributed by atoms with Crippen molar-refractivity contribution >= 4 is 53.9 Å². The standard InChI is InChI=1S/C48H39N3/c1-31(32-20-22-34(23-21-32)38-25-24-33-10-2-3-13-37(33)30-38)50-48(46-19-8-14-35-11-4-7-16-40(35)46)51-47(49)45-18-9-17-41-43-27-26-36-12-5-6-15-39(36)42(43)28-29-44(41)45/h2-31,47-48,50-51H,49H2,1H3. The van der Waals surface area contributed by atoms with Crippen molar-refractivity contribution < 1.29 is 0 Å². The van der Waals surface area contributed by atoms with Crippen LogP contribution in [-0.2, 0) is 0 Å². The molecule has 3 heteroatoms. The Bertz CT molecular complexity index is 2690. The molecule has 9 aromatic carbocycles. The second-order valence-electron chi connectivity index (χ2n) is 13.6. The van der Waals surface area contributed by atoms with E-state index in [4.69, 9.17) is 5.73 Å². The highest BCUT2D eigenvalue weighted by Gasteiger charge is 2.22. The van der Waals surface area contributed by atoms with Crippen LogP contribution in [-0.4, -0.2) is 0 Å². The summed E-state index contributed by atoms with van der Waals surface area (Å²) in [5.74, 6) is 0. The molecule has 0 saturated heterocycles. The van der Waals surface area contributed by atoms with Gasteiger partial charge in [0.15, 0.2) is 0 Å². The van der Waals surface area contributed by atoms with E-state index in [0.717, 1.165) is 10.9 Å². The van der Waals surface area contributed by atoms with Crippen LogP contribution in [0.4, 0.5) is 0 Å². The lowest BCUT2D eigenvalue weighted by Gasteiger charge is -2.30. The average Bonchev–Trinajstić information content (AvgIpc) is 3.19. The fourth-order valence-corrected chi connectivity index (χ4v) is 7.83. The van der Waals surface area contributed by atoms with E-state index in [0.29, 0.717) is 0 Å². The number of hydrogen-bond donors (Lipinski definition) is 3. The molecule has 0 spiro atoms. The van der Waals surface area contributed by atoms with Crippen molar-refractivity contribution in [3.05, 3.63) is 193 Å². The van der Waals surface area contributed by atoms with E-state index < -0.39 is 6.17 Å². The first-order valence-electron chi connectivity index (χ1n) is 17.8. The van der Waals surface area contributed by atoms with Gasteiger partial charge in [-0.2, -0.15) is 0 Å². The molecule has 51 heavy (non-hydrogen) atoms. The first kappa shape index (κ1) is 31.2. The Morgan fingerprint density at radius 1 is 0.392 bits per heavy atom. The van der Waals surface area contributed by atoms with Gasteiger partial charge in [0.1, 0.15) is 0 Å². The molecule has 9 rings (SSSR count). The van der Waals surface area contributed by atoms with Crippen LogP contribution in [0.15, 0.2) is 176 Å². The zero-order chi connectivity index (χ0) is 34.3. The minimum Gasteiger partial charge on any atom is -0.312 e. The van der Waals surface area contributed by atoms with Crippen molar-refractivity contribution in [2.75, 3.05) is 0 Å². The average molecular weight is 658 g/mol. The summed E-state index contributed by atoms with van der Waals surface area (Å²) in [5, 5.41) is 20.1. The van der Waals surface area contributed by atoms with Crippen molar-refractivity contribution in [3.8, 4) is 11.1 Å². The first-order valence-corrected chi connectivity index (χ1v) is 17.8. The molecule has 0 radical (unpaired) electrons. The molecule has 0 saturated carbocycles. The maximum absolute atomic E-state index is 7.17. The maximum Gasteiger partial charge on any atom is 0.0860 e. The second kappa shape index (κ2) is 13.1. The molecule has 0 heterocycles. The number of nitrogens with one attached hydrogen (secondary N) is 2. The summed E-state index contributed by atoms with van der Waals surface area (Å²) in [7, 11) is 0. The van der Waals surface area contributed by atoms with Gasteiger partial charge in [0.2, 0.25) is 0 Å². The normalized spacial score (nSPS) is 13.6. The lowest BCUT2D eigenvalue weighted by atomic mass is 9.94. The molecule has 246 valence electrons. The maximum atomic E-state index is 7.17. The first-order chi connectivity index (χ1) is 25.1. The molecule has 0 aliphatic carbocycles. The summed E-state index contributed by atoms with van der Waals surface area (Å²) in [6.45, 7) is 2.23. The third kappa shape index (κ3) is 5.82. The molecule has 3 unspecified atom stereocenters. The van der Waals surface area contributed by atoms with Crippen LogP contribution in [0.5, 0.6) is 0 Å². The Kier molecular flexibility index (Phi) is 8.02. The fourth-order valence-electron chi connectivity index (χ4n) is 7.83.